The minimum absolute atomic E-state index is 0.105. The molecule has 3 rings (SSSR count). The van der Waals surface area contributed by atoms with Crippen LogP contribution in [0.1, 0.15) is 19.8 Å². The first-order valence-electron chi connectivity index (χ1n) is 7.36. The number of rotatable bonds is 3. The lowest BCUT2D eigenvalue weighted by molar-refractivity contribution is -0.120. The summed E-state index contributed by atoms with van der Waals surface area (Å²) in [6.07, 6.45) is 3.53. The van der Waals surface area contributed by atoms with E-state index in [0.717, 1.165) is 36.3 Å². The zero-order valence-electron chi connectivity index (χ0n) is 12.1. The van der Waals surface area contributed by atoms with Crippen LogP contribution in [-0.4, -0.2) is 28.7 Å². The molecule has 0 aliphatic carbocycles. The van der Waals surface area contributed by atoms with Crippen LogP contribution in [0.5, 0.6) is 0 Å². The Kier molecular flexibility index (Phi) is 4.01. The predicted octanol–water partition coefficient (Wildman–Crippen LogP) is 2.40. The highest BCUT2D eigenvalue weighted by Crippen LogP contribution is 2.21. The first kappa shape index (κ1) is 13.8. The number of H-pyrrole nitrogens is 1. The van der Waals surface area contributed by atoms with Crippen molar-refractivity contribution in [2.75, 3.05) is 11.9 Å². The van der Waals surface area contributed by atoms with Gasteiger partial charge in [-0.1, -0.05) is 12.1 Å². The van der Waals surface area contributed by atoms with E-state index >= 15 is 0 Å². The van der Waals surface area contributed by atoms with Crippen LogP contribution in [0.4, 0.5) is 5.69 Å². The lowest BCUT2D eigenvalue weighted by Gasteiger charge is -2.27. The standard InChI is InChI=1S/C16H20N4O/c1-11-10-13(6-8-17-11)16(21)19-14-4-2-12(3-5-14)15-7-9-18-20-15/h2-5,7,9,11,13,17H,6,8,10H2,1H3,(H,18,20)(H,19,21)/t11-,13-/m0/s1. The Balaban J connectivity index is 1.63. The highest BCUT2D eigenvalue weighted by atomic mass is 16.1. The van der Waals surface area contributed by atoms with Gasteiger partial charge < -0.3 is 10.6 Å². The van der Waals surface area contributed by atoms with Gasteiger partial charge in [0.15, 0.2) is 0 Å². The molecule has 0 radical (unpaired) electrons. The lowest BCUT2D eigenvalue weighted by atomic mass is 9.92. The molecule has 2 aromatic rings. The molecule has 1 aromatic carbocycles. The molecule has 1 fully saturated rings. The van der Waals surface area contributed by atoms with Gasteiger partial charge in [0.2, 0.25) is 5.91 Å². The molecule has 1 aromatic heterocycles. The third-order valence-electron chi connectivity index (χ3n) is 3.96. The molecule has 1 saturated heterocycles. The van der Waals surface area contributed by atoms with Gasteiger partial charge in [0, 0.05) is 23.8 Å². The normalized spacial score (nSPS) is 22.0. The molecule has 0 bridgehead atoms. The molecule has 2 heterocycles. The minimum atomic E-state index is 0.105. The molecular weight excluding hydrogens is 264 g/mol. The van der Waals surface area contributed by atoms with Crippen LogP contribution >= 0.6 is 0 Å². The number of carbonyl (C=O) groups is 1. The summed E-state index contributed by atoms with van der Waals surface area (Å²) in [5.41, 5.74) is 2.87. The maximum absolute atomic E-state index is 12.3. The molecular formula is C16H20N4O. The Labute approximate surface area is 124 Å². The summed E-state index contributed by atoms with van der Waals surface area (Å²) in [7, 11) is 0. The number of nitrogens with zero attached hydrogens (tertiary/aromatic N) is 1. The van der Waals surface area contributed by atoms with Crippen LogP contribution < -0.4 is 10.6 Å². The molecule has 1 aliphatic heterocycles. The van der Waals surface area contributed by atoms with Gasteiger partial charge in [-0.25, -0.2) is 0 Å². The van der Waals surface area contributed by atoms with Gasteiger partial charge in [-0.15, -0.1) is 0 Å². The molecule has 5 nitrogen and oxygen atoms in total. The average molecular weight is 284 g/mol. The van der Waals surface area contributed by atoms with Crippen LogP contribution in [0, 0.1) is 5.92 Å². The van der Waals surface area contributed by atoms with Gasteiger partial charge in [0.1, 0.15) is 0 Å². The third kappa shape index (κ3) is 3.31. The van der Waals surface area contributed by atoms with Gasteiger partial charge >= 0.3 is 0 Å². The molecule has 0 saturated carbocycles. The first-order chi connectivity index (χ1) is 10.2. The van der Waals surface area contributed by atoms with Crippen LogP contribution in [0.15, 0.2) is 36.5 Å². The number of benzene rings is 1. The number of hydrogen-bond acceptors (Lipinski definition) is 3. The van der Waals surface area contributed by atoms with Gasteiger partial charge in [-0.05, 0) is 50.1 Å². The topological polar surface area (TPSA) is 69.8 Å². The van der Waals surface area contributed by atoms with Crippen LogP contribution in [0.25, 0.3) is 11.3 Å². The maximum Gasteiger partial charge on any atom is 0.227 e. The van der Waals surface area contributed by atoms with Crippen LogP contribution in [0.3, 0.4) is 0 Å². The third-order valence-corrected chi connectivity index (χ3v) is 3.96. The fourth-order valence-corrected chi connectivity index (χ4v) is 2.76. The summed E-state index contributed by atoms with van der Waals surface area (Å²) >= 11 is 0. The average Bonchev–Trinajstić information content (AvgIpc) is 3.02. The smallest absolute Gasteiger partial charge is 0.227 e. The van der Waals surface area contributed by atoms with Crippen molar-refractivity contribution in [3.8, 4) is 11.3 Å². The Morgan fingerprint density at radius 1 is 1.29 bits per heavy atom. The van der Waals surface area contributed by atoms with E-state index < -0.39 is 0 Å². The molecule has 1 amide bonds. The summed E-state index contributed by atoms with van der Waals surface area (Å²) < 4.78 is 0. The SMILES string of the molecule is C[C@H]1C[C@@H](C(=O)Nc2ccc(-c3ccn[nH]3)cc2)CCN1. The quantitative estimate of drug-likeness (QED) is 0.810. The molecule has 3 N–H and O–H groups in total. The number of hydrogen-bond donors (Lipinski definition) is 3. The zero-order valence-corrected chi connectivity index (χ0v) is 12.1. The van der Waals surface area contributed by atoms with Gasteiger partial charge in [-0.3, -0.25) is 9.89 Å². The van der Waals surface area contributed by atoms with Crippen molar-refractivity contribution in [2.24, 2.45) is 5.92 Å². The van der Waals surface area contributed by atoms with E-state index in [0.29, 0.717) is 6.04 Å². The number of piperidine rings is 1. The van der Waals surface area contributed by atoms with Gasteiger partial charge in [-0.2, -0.15) is 5.10 Å². The van der Waals surface area contributed by atoms with Crippen LogP contribution in [0.2, 0.25) is 0 Å². The Bertz CT molecular complexity index is 591. The Morgan fingerprint density at radius 2 is 2.10 bits per heavy atom. The van der Waals surface area contributed by atoms with E-state index in [-0.39, 0.29) is 11.8 Å². The number of amides is 1. The summed E-state index contributed by atoms with van der Waals surface area (Å²) in [5.74, 6) is 0.228. The van der Waals surface area contributed by atoms with E-state index in [2.05, 4.69) is 27.8 Å². The van der Waals surface area contributed by atoms with E-state index in [9.17, 15) is 4.79 Å². The van der Waals surface area contributed by atoms with E-state index in [1.807, 2.05) is 30.3 Å². The highest BCUT2D eigenvalue weighted by molar-refractivity contribution is 5.92. The summed E-state index contributed by atoms with van der Waals surface area (Å²) in [6, 6.07) is 10.2. The highest BCUT2D eigenvalue weighted by Gasteiger charge is 2.24. The number of anilines is 1. The second-order valence-electron chi connectivity index (χ2n) is 5.61. The Hall–Kier alpha value is -2.14. The van der Waals surface area contributed by atoms with Crippen molar-refractivity contribution in [1.29, 1.82) is 0 Å². The summed E-state index contributed by atoms with van der Waals surface area (Å²) in [4.78, 5) is 12.3. The molecule has 1 aliphatic rings. The van der Waals surface area contributed by atoms with Gasteiger partial charge in [0.05, 0.1) is 5.69 Å². The zero-order chi connectivity index (χ0) is 14.7. The van der Waals surface area contributed by atoms with E-state index in [4.69, 9.17) is 0 Å². The number of aromatic nitrogens is 2. The monoisotopic (exact) mass is 284 g/mol. The molecule has 0 unspecified atom stereocenters. The summed E-state index contributed by atoms with van der Waals surface area (Å²) in [6.45, 7) is 3.04. The number of carbonyl (C=O) groups excluding carboxylic acids is 1. The number of aromatic amines is 1. The summed E-state index contributed by atoms with van der Waals surface area (Å²) in [5, 5.41) is 13.2. The fourth-order valence-electron chi connectivity index (χ4n) is 2.76. The Morgan fingerprint density at radius 3 is 2.76 bits per heavy atom. The van der Waals surface area contributed by atoms with E-state index in [1.165, 1.54) is 0 Å². The minimum Gasteiger partial charge on any atom is -0.326 e. The van der Waals surface area contributed by atoms with Crippen molar-refractivity contribution in [3.05, 3.63) is 36.5 Å². The molecule has 110 valence electrons. The maximum atomic E-state index is 12.3. The van der Waals surface area contributed by atoms with Crippen molar-refractivity contribution in [2.45, 2.75) is 25.8 Å². The largest absolute Gasteiger partial charge is 0.326 e. The molecule has 5 heteroatoms. The second-order valence-corrected chi connectivity index (χ2v) is 5.61. The molecule has 0 spiro atoms. The first-order valence-corrected chi connectivity index (χ1v) is 7.36. The van der Waals surface area contributed by atoms with E-state index in [1.54, 1.807) is 6.20 Å². The lowest BCUT2D eigenvalue weighted by Crippen LogP contribution is -2.40. The predicted molar refractivity (Wildman–Crippen MR) is 82.8 cm³/mol. The van der Waals surface area contributed by atoms with Crippen molar-refractivity contribution in [1.82, 2.24) is 15.5 Å². The molecule has 2 atom stereocenters. The second kappa shape index (κ2) is 6.10. The van der Waals surface area contributed by atoms with Crippen molar-refractivity contribution in [3.63, 3.8) is 0 Å². The fraction of sp³-hybridized carbons (Fsp3) is 0.375. The van der Waals surface area contributed by atoms with Gasteiger partial charge in [0.25, 0.3) is 0 Å². The van der Waals surface area contributed by atoms with Crippen LogP contribution in [-0.2, 0) is 4.79 Å². The molecule has 21 heavy (non-hydrogen) atoms. The number of nitrogens with one attached hydrogen (secondary N) is 3. The van der Waals surface area contributed by atoms with Crippen molar-refractivity contribution < 1.29 is 4.79 Å². The van der Waals surface area contributed by atoms with Crippen molar-refractivity contribution >= 4 is 11.6 Å².